The number of nitrogens with one attached hydrogen (secondary N) is 1. The van der Waals surface area contributed by atoms with Crippen molar-refractivity contribution in [3.8, 4) is 5.75 Å². The third-order valence-corrected chi connectivity index (χ3v) is 3.64. The molecule has 0 saturated carbocycles. The molecule has 1 aliphatic heterocycles. The van der Waals surface area contributed by atoms with Gasteiger partial charge in [-0.05, 0) is 39.7 Å². The second kappa shape index (κ2) is 4.78. The first kappa shape index (κ1) is 11.7. The van der Waals surface area contributed by atoms with Crippen molar-refractivity contribution in [2.45, 2.75) is 0 Å². The van der Waals surface area contributed by atoms with Crippen LogP contribution in [0.4, 0.5) is 0 Å². The van der Waals surface area contributed by atoms with Gasteiger partial charge in [-0.1, -0.05) is 30.3 Å². The van der Waals surface area contributed by atoms with Gasteiger partial charge in [0.2, 0.25) is 0 Å². The van der Waals surface area contributed by atoms with Gasteiger partial charge in [0.25, 0.3) is 0 Å². The van der Waals surface area contributed by atoms with E-state index < -0.39 is 0 Å². The van der Waals surface area contributed by atoms with Gasteiger partial charge < -0.3 is 10.2 Å². The Morgan fingerprint density at radius 1 is 1.00 bits per heavy atom. The average molecular weight is 263 g/mol. The van der Waals surface area contributed by atoms with Gasteiger partial charge in [-0.15, -0.1) is 5.06 Å². The molecule has 1 saturated heterocycles. The maximum atomic E-state index is 5.81. The highest BCUT2D eigenvalue weighted by Gasteiger charge is 2.12. The van der Waals surface area contributed by atoms with Crippen LogP contribution in [-0.2, 0) is 0 Å². The first-order chi connectivity index (χ1) is 9.88. The SMILES string of the molecule is [c]1c(ON2CCNC2)ccc2cc3ccccc3cc12. The van der Waals surface area contributed by atoms with E-state index in [-0.39, 0.29) is 0 Å². The van der Waals surface area contributed by atoms with Crippen molar-refractivity contribution in [3.05, 3.63) is 54.6 Å². The third kappa shape index (κ3) is 2.11. The first-order valence-corrected chi connectivity index (χ1v) is 6.87. The van der Waals surface area contributed by atoms with E-state index in [9.17, 15) is 0 Å². The summed E-state index contributed by atoms with van der Waals surface area (Å²) in [6.45, 7) is 2.64. The fraction of sp³-hybridized carbons (Fsp3) is 0.176. The fourth-order valence-electron chi connectivity index (χ4n) is 2.60. The Morgan fingerprint density at radius 2 is 1.85 bits per heavy atom. The number of benzene rings is 3. The standard InChI is InChI=1S/C17H15N2O/c1-2-4-14-10-16-11-17(20-19-8-7-18-12-19)6-5-15(16)9-13(14)3-1/h1-6,9-10,18H,7-8,12H2. The van der Waals surface area contributed by atoms with E-state index in [1.54, 1.807) is 0 Å². The maximum absolute atomic E-state index is 5.81. The second-order valence-electron chi connectivity index (χ2n) is 5.06. The lowest BCUT2D eigenvalue weighted by Crippen LogP contribution is -2.25. The van der Waals surface area contributed by atoms with Crippen LogP contribution in [0.25, 0.3) is 21.5 Å². The minimum absolute atomic E-state index is 0.767. The first-order valence-electron chi connectivity index (χ1n) is 6.87. The Balaban J connectivity index is 1.75. The Bertz CT molecular complexity index is 763. The number of hydrogen-bond acceptors (Lipinski definition) is 3. The molecule has 0 unspecified atom stereocenters. The lowest BCUT2D eigenvalue weighted by atomic mass is 10.0. The molecule has 3 heteroatoms. The monoisotopic (exact) mass is 263 g/mol. The number of fused-ring (bicyclic) bond motifs is 2. The summed E-state index contributed by atoms with van der Waals surface area (Å²) in [6.07, 6.45) is 0. The van der Waals surface area contributed by atoms with Crippen molar-refractivity contribution in [2.75, 3.05) is 19.8 Å². The molecule has 0 spiro atoms. The molecule has 1 fully saturated rings. The molecule has 0 aromatic heterocycles. The summed E-state index contributed by atoms with van der Waals surface area (Å²) in [5.74, 6) is 0.775. The highest BCUT2D eigenvalue weighted by molar-refractivity contribution is 5.98. The van der Waals surface area contributed by atoms with Crippen LogP contribution in [-0.4, -0.2) is 24.8 Å². The van der Waals surface area contributed by atoms with E-state index in [4.69, 9.17) is 4.84 Å². The highest BCUT2D eigenvalue weighted by Crippen LogP contribution is 2.26. The van der Waals surface area contributed by atoms with Crippen LogP contribution >= 0.6 is 0 Å². The molecule has 3 nitrogen and oxygen atoms in total. The summed E-state index contributed by atoms with van der Waals surface area (Å²) in [5, 5.41) is 9.93. The lowest BCUT2D eigenvalue weighted by Gasteiger charge is -2.15. The van der Waals surface area contributed by atoms with Crippen LogP contribution in [0, 0.1) is 6.07 Å². The van der Waals surface area contributed by atoms with Gasteiger partial charge >= 0.3 is 0 Å². The van der Waals surface area contributed by atoms with Crippen molar-refractivity contribution >= 4 is 21.5 Å². The summed E-state index contributed by atoms with van der Waals surface area (Å²) < 4.78 is 0. The smallest absolute Gasteiger partial charge is 0.156 e. The number of hydroxylamine groups is 2. The predicted octanol–water partition coefficient (Wildman–Crippen LogP) is 2.95. The van der Waals surface area contributed by atoms with Gasteiger partial charge in [-0.25, -0.2) is 0 Å². The van der Waals surface area contributed by atoms with Gasteiger partial charge in [0.1, 0.15) is 0 Å². The van der Waals surface area contributed by atoms with Gasteiger partial charge in [0, 0.05) is 19.2 Å². The van der Waals surface area contributed by atoms with Crippen molar-refractivity contribution in [1.82, 2.24) is 10.4 Å². The van der Waals surface area contributed by atoms with Crippen LogP contribution in [0.15, 0.2) is 48.5 Å². The zero-order chi connectivity index (χ0) is 13.4. The van der Waals surface area contributed by atoms with E-state index in [2.05, 4.69) is 53.8 Å². The summed E-state index contributed by atoms with van der Waals surface area (Å²) in [6, 6.07) is 20.2. The molecule has 1 heterocycles. The molecular weight excluding hydrogens is 248 g/mol. The number of hydrogen-bond donors (Lipinski definition) is 1. The largest absolute Gasteiger partial charge is 0.404 e. The van der Waals surface area contributed by atoms with Crippen molar-refractivity contribution in [2.24, 2.45) is 0 Å². The zero-order valence-electron chi connectivity index (χ0n) is 11.1. The molecule has 3 aromatic rings. The molecule has 1 N–H and O–H groups in total. The summed E-state index contributed by atoms with van der Waals surface area (Å²) in [7, 11) is 0. The van der Waals surface area contributed by atoms with E-state index in [1.165, 1.54) is 16.2 Å². The molecule has 20 heavy (non-hydrogen) atoms. The average Bonchev–Trinajstić information content (AvgIpc) is 2.98. The molecule has 0 atom stereocenters. The van der Waals surface area contributed by atoms with E-state index >= 15 is 0 Å². The Kier molecular flexibility index (Phi) is 2.80. The lowest BCUT2D eigenvalue weighted by molar-refractivity contribution is -0.0359. The van der Waals surface area contributed by atoms with Crippen LogP contribution < -0.4 is 10.2 Å². The fourth-order valence-corrected chi connectivity index (χ4v) is 2.60. The maximum Gasteiger partial charge on any atom is 0.156 e. The molecule has 0 bridgehead atoms. The molecule has 0 aliphatic carbocycles. The van der Waals surface area contributed by atoms with Crippen LogP contribution in [0.1, 0.15) is 0 Å². The van der Waals surface area contributed by atoms with Crippen LogP contribution in [0.3, 0.4) is 0 Å². The van der Waals surface area contributed by atoms with Crippen molar-refractivity contribution < 1.29 is 4.84 Å². The number of rotatable bonds is 2. The molecule has 0 amide bonds. The molecule has 4 rings (SSSR count). The van der Waals surface area contributed by atoms with Crippen LogP contribution in [0.2, 0.25) is 0 Å². The zero-order valence-corrected chi connectivity index (χ0v) is 11.1. The molecule has 1 radical (unpaired) electrons. The topological polar surface area (TPSA) is 24.5 Å². The molecular formula is C17H15N2O. The normalized spacial score (nSPS) is 16.0. The van der Waals surface area contributed by atoms with Gasteiger partial charge in [-0.3, -0.25) is 0 Å². The molecule has 1 aliphatic rings. The Hall–Kier alpha value is -2.10. The Morgan fingerprint density at radius 3 is 2.65 bits per heavy atom. The minimum atomic E-state index is 0.767. The summed E-state index contributed by atoms with van der Waals surface area (Å²) in [5.41, 5.74) is 0. The molecule has 99 valence electrons. The number of nitrogens with zero attached hydrogens (tertiary/aromatic N) is 1. The second-order valence-corrected chi connectivity index (χ2v) is 5.06. The highest BCUT2D eigenvalue weighted by atomic mass is 16.7. The quantitative estimate of drug-likeness (QED) is 0.719. The van der Waals surface area contributed by atoms with E-state index in [0.717, 1.165) is 30.9 Å². The van der Waals surface area contributed by atoms with Crippen molar-refractivity contribution in [1.29, 1.82) is 0 Å². The van der Waals surface area contributed by atoms with Crippen LogP contribution in [0.5, 0.6) is 5.75 Å². The third-order valence-electron chi connectivity index (χ3n) is 3.64. The van der Waals surface area contributed by atoms with Crippen molar-refractivity contribution in [3.63, 3.8) is 0 Å². The van der Waals surface area contributed by atoms with Gasteiger partial charge in [0.05, 0.1) is 6.67 Å². The summed E-state index contributed by atoms with van der Waals surface area (Å²) >= 11 is 0. The summed E-state index contributed by atoms with van der Waals surface area (Å²) in [4.78, 5) is 5.81. The van der Waals surface area contributed by atoms with Gasteiger partial charge in [0.15, 0.2) is 5.75 Å². The minimum Gasteiger partial charge on any atom is -0.404 e. The van der Waals surface area contributed by atoms with E-state index in [1.807, 2.05) is 11.1 Å². The van der Waals surface area contributed by atoms with Gasteiger partial charge in [-0.2, -0.15) is 0 Å². The predicted molar refractivity (Wildman–Crippen MR) is 80.5 cm³/mol. The Labute approximate surface area is 117 Å². The van der Waals surface area contributed by atoms with E-state index in [0.29, 0.717) is 0 Å². The molecule has 3 aromatic carbocycles.